The summed E-state index contributed by atoms with van der Waals surface area (Å²) in [6, 6.07) is 8.30. The molecule has 1 aromatic rings. The van der Waals surface area contributed by atoms with Crippen LogP contribution in [0.25, 0.3) is 0 Å². The number of benzene rings is 1. The molecule has 1 aliphatic rings. The molecule has 0 bridgehead atoms. The number of aliphatic hydroxyl groups is 1. The van der Waals surface area contributed by atoms with Crippen LogP contribution < -0.4 is 5.32 Å². The molecule has 1 saturated carbocycles. The lowest BCUT2D eigenvalue weighted by Crippen LogP contribution is -2.46. The Bertz CT molecular complexity index is 410. The van der Waals surface area contributed by atoms with Gasteiger partial charge in [-0.15, -0.1) is 0 Å². The van der Waals surface area contributed by atoms with Crippen LogP contribution in [0, 0.1) is 6.92 Å². The molecule has 1 fully saturated rings. The predicted octanol–water partition coefficient (Wildman–Crippen LogP) is 2.75. The topological polar surface area (TPSA) is 32.3 Å². The van der Waals surface area contributed by atoms with Crippen LogP contribution in [0.4, 0.5) is 13.2 Å². The van der Waals surface area contributed by atoms with Crippen molar-refractivity contribution in [3.63, 3.8) is 0 Å². The zero-order valence-electron chi connectivity index (χ0n) is 10.7. The van der Waals surface area contributed by atoms with Gasteiger partial charge in [0.25, 0.3) is 0 Å². The van der Waals surface area contributed by atoms with E-state index in [0.717, 1.165) is 12.8 Å². The normalized spacial score (nSPS) is 24.9. The monoisotopic (exact) mass is 273 g/mol. The van der Waals surface area contributed by atoms with Crippen LogP contribution in [0.3, 0.4) is 0 Å². The summed E-state index contributed by atoms with van der Waals surface area (Å²) in [7, 11) is 0. The summed E-state index contributed by atoms with van der Waals surface area (Å²) in [6.45, 7) is 1.60. The van der Waals surface area contributed by atoms with Gasteiger partial charge in [-0.1, -0.05) is 29.8 Å². The third-order valence-corrected chi connectivity index (χ3v) is 3.66. The van der Waals surface area contributed by atoms with E-state index in [2.05, 4.69) is 17.4 Å². The number of hydrogen-bond donors (Lipinski definition) is 2. The van der Waals surface area contributed by atoms with E-state index < -0.39 is 18.8 Å². The summed E-state index contributed by atoms with van der Waals surface area (Å²) in [5.41, 5.74) is 2.44. The number of nitrogens with one attached hydrogen (secondary N) is 1. The molecule has 19 heavy (non-hydrogen) atoms. The van der Waals surface area contributed by atoms with E-state index in [4.69, 9.17) is 5.11 Å². The quantitative estimate of drug-likeness (QED) is 0.884. The Balaban J connectivity index is 1.73. The van der Waals surface area contributed by atoms with Gasteiger partial charge in [0.1, 0.15) is 0 Å². The zero-order valence-corrected chi connectivity index (χ0v) is 10.7. The Morgan fingerprint density at radius 1 is 1.26 bits per heavy atom. The summed E-state index contributed by atoms with van der Waals surface area (Å²) in [6.07, 6.45) is -5.15. The minimum Gasteiger partial charge on any atom is -0.382 e. The molecule has 5 heteroatoms. The summed E-state index contributed by atoms with van der Waals surface area (Å²) in [4.78, 5) is 0. The van der Waals surface area contributed by atoms with Crippen LogP contribution in [0.1, 0.15) is 29.9 Å². The molecule has 0 saturated heterocycles. The summed E-state index contributed by atoms with van der Waals surface area (Å²) < 4.78 is 36.3. The smallest absolute Gasteiger partial charge is 0.382 e. The maximum Gasteiger partial charge on any atom is 0.415 e. The van der Waals surface area contributed by atoms with Crippen molar-refractivity contribution in [1.82, 2.24) is 5.32 Å². The summed E-state index contributed by atoms with van der Waals surface area (Å²) >= 11 is 0. The van der Waals surface area contributed by atoms with Gasteiger partial charge in [0.15, 0.2) is 6.10 Å². The van der Waals surface area contributed by atoms with Crippen LogP contribution in [0.5, 0.6) is 0 Å². The maximum absolute atomic E-state index is 12.1. The minimum atomic E-state index is -4.53. The second-order valence-electron chi connectivity index (χ2n) is 5.24. The van der Waals surface area contributed by atoms with Crippen molar-refractivity contribution < 1.29 is 18.3 Å². The van der Waals surface area contributed by atoms with E-state index in [9.17, 15) is 13.2 Å². The number of hydrogen-bond acceptors (Lipinski definition) is 2. The van der Waals surface area contributed by atoms with E-state index >= 15 is 0 Å². The molecule has 2 nitrogen and oxygen atoms in total. The molecule has 0 aromatic heterocycles. The van der Waals surface area contributed by atoms with E-state index in [0.29, 0.717) is 5.92 Å². The first kappa shape index (κ1) is 14.3. The van der Waals surface area contributed by atoms with Gasteiger partial charge in [0.05, 0.1) is 0 Å². The molecule has 0 amide bonds. The van der Waals surface area contributed by atoms with Crippen molar-refractivity contribution in [3.05, 3.63) is 35.4 Å². The van der Waals surface area contributed by atoms with Crippen molar-refractivity contribution in [3.8, 4) is 0 Å². The van der Waals surface area contributed by atoms with Crippen LogP contribution >= 0.6 is 0 Å². The molecular formula is C14H18F3NO. The van der Waals surface area contributed by atoms with Gasteiger partial charge in [-0.05, 0) is 31.2 Å². The van der Waals surface area contributed by atoms with Gasteiger partial charge >= 0.3 is 6.18 Å². The fourth-order valence-electron chi connectivity index (χ4n) is 2.29. The van der Waals surface area contributed by atoms with Crippen molar-refractivity contribution >= 4 is 0 Å². The van der Waals surface area contributed by atoms with Crippen LogP contribution in [0.15, 0.2) is 24.3 Å². The van der Waals surface area contributed by atoms with Gasteiger partial charge in [-0.2, -0.15) is 13.2 Å². The first-order valence-electron chi connectivity index (χ1n) is 6.41. The molecular weight excluding hydrogens is 255 g/mol. The molecule has 0 heterocycles. The van der Waals surface area contributed by atoms with Gasteiger partial charge in [0.2, 0.25) is 0 Å². The molecule has 0 spiro atoms. The van der Waals surface area contributed by atoms with E-state index in [-0.39, 0.29) is 6.04 Å². The standard InChI is InChI=1S/C14H18F3NO/c1-9-2-4-10(5-3-9)11-6-12(7-11)18-8-13(19)14(15,16)17/h2-5,11-13,18-19H,6-8H2,1H3. The van der Waals surface area contributed by atoms with Gasteiger partial charge in [-0.25, -0.2) is 0 Å². The Kier molecular flexibility index (Phi) is 4.16. The minimum absolute atomic E-state index is 0.0725. The maximum atomic E-state index is 12.1. The number of rotatable bonds is 4. The lowest BCUT2D eigenvalue weighted by molar-refractivity contribution is -0.202. The second-order valence-corrected chi connectivity index (χ2v) is 5.24. The van der Waals surface area contributed by atoms with Crippen molar-refractivity contribution in [1.29, 1.82) is 0 Å². The van der Waals surface area contributed by atoms with Crippen LogP contribution in [-0.4, -0.2) is 30.0 Å². The highest BCUT2D eigenvalue weighted by molar-refractivity contribution is 5.26. The number of halogens is 3. The Labute approximate surface area is 110 Å². The van der Waals surface area contributed by atoms with Crippen molar-refractivity contribution in [2.75, 3.05) is 6.54 Å². The molecule has 2 N–H and O–H groups in total. The number of aliphatic hydroxyl groups excluding tert-OH is 1. The highest BCUT2D eigenvalue weighted by atomic mass is 19.4. The SMILES string of the molecule is Cc1ccc(C2CC(NCC(O)C(F)(F)F)C2)cc1. The molecule has 1 aliphatic carbocycles. The lowest BCUT2D eigenvalue weighted by Gasteiger charge is -2.37. The largest absolute Gasteiger partial charge is 0.415 e. The van der Waals surface area contributed by atoms with Gasteiger partial charge in [0, 0.05) is 12.6 Å². The molecule has 2 rings (SSSR count). The zero-order chi connectivity index (χ0) is 14.0. The van der Waals surface area contributed by atoms with E-state index in [1.54, 1.807) is 0 Å². The number of alkyl halides is 3. The van der Waals surface area contributed by atoms with E-state index in [1.165, 1.54) is 11.1 Å². The Hall–Kier alpha value is -1.07. The molecule has 106 valence electrons. The molecule has 1 aromatic carbocycles. The Morgan fingerprint density at radius 2 is 1.84 bits per heavy atom. The van der Waals surface area contributed by atoms with Crippen molar-refractivity contribution in [2.24, 2.45) is 0 Å². The molecule has 1 atom stereocenters. The van der Waals surface area contributed by atoms with Crippen LogP contribution in [-0.2, 0) is 0 Å². The highest BCUT2D eigenvalue weighted by Crippen LogP contribution is 2.37. The fourth-order valence-corrected chi connectivity index (χ4v) is 2.29. The van der Waals surface area contributed by atoms with Crippen LogP contribution in [0.2, 0.25) is 0 Å². The third kappa shape index (κ3) is 3.70. The third-order valence-electron chi connectivity index (χ3n) is 3.66. The first-order valence-corrected chi connectivity index (χ1v) is 6.41. The van der Waals surface area contributed by atoms with Gasteiger partial charge in [-0.3, -0.25) is 0 Å². The second kappa shape index (κ2) is 5.51. The predicted molar refractivity (Wildman–Crippen MR) is 67.0 cm³/mol. The average molecular weight is 273 g/mol. The fraction of sp³-hybridized carbons (Fsp3) is 0.571. The molecule has 0 aliphatic heterocycles. The lowest BCUT2D eigenvalue weighted by atomic mass is 9.75. The first-order chi connectivity index (χ1) is 8.86. The number of aryl methyl sites for hydroxylation is 1. The molecule has 0 radical (unpaired) electrons. The average Bonchev–Trinajstić information content (AvgIpc) is 2.27. The highest BCUT2D eigenvalue weighted by Gasteiger charge is 2.39. The van der Waals surface area contributed by atoms with E-state index in [1.807, 2.05) is 19.1 Å². The Morgan fingerprint density at radius 3 is 2.37 bits per heavy atom. The summed E-state index contributed by atoms with van der Waals surface area (Å²) in [5.74, 6) is 0.418. The van der Waals surface area contributed by atoms with Gasteiger partial charge < -0.3 is 10.4 Å². The molecule has 1 unspecified atom stereocenters. The summed E-state index contributed by atoms with van der Waals surface area (Å²) in [5, 5.41) is 11.6. The van der Waals surface area contributed by atoms with Crippen molar-refractivity contribution in [2.45, 2.75) is 44.0 Å².